The summed E-state index contributed by atoms with van der Waals surface area (Å²) in [6, 6.07) is 4.86. The molecule has 96 valence electrons. The van der Waals surface area contributed by atoms with Gasteiger partial charge < -0.3 is 5.73 Å². The molecular formula is C16H27N. The topological polar surface area (TPSA) is 26.0 Å². The van der Waals surface area contributed by atoms with Crippen LogP contribution in [-0.2, 0) is 19.3 Å². The van der Waals surface area contributed by atoms with Crippen molar-refractivity contribution in [2.75, 3.05) is 0 Å². The zero-order valence-electron chi connectivity index (χ0n) is 12.0. The van der Waals surface area contributed by atoms with Crippen molar-refractivity contribution in [3.8, 4) is 0 Å². The fourth-order valence-corrected chi connectivity index (χ4v) is 2.40. The van der Waals surface area contributed by atoms with Crippen molar-refractivity contribution < 1.29 is 0 Å². The minimum Gasteiger partial charge on any atom is -0.324 e. The van der Waals surface area contributed by atoms with E-state index in [0.29, 0.717) is 5.92 Å². The first-order valence-electron chi connectivity index (χ1n) is 6.95. The summed E-state index contributed by atoms with van der Waals surface area (Å²) < 4.78 is 0. The molecule has 0 spiro atoms. The number of rotatable bonds is 5. The van der Waals surface area contributed by atoms with Gasteiger partial charge in [-0.15, -0.1) is 0 Å². The Morgan fingerprint density at radius 2 is 1.41 bits per heavy atom. The molecule has 0 aromatic heterocycles. The third kappa shape index (κ3) is 3.10. The van der Waals surface area contributed by atoms with Gasteiger partial charge in [-0.3, -0.25) is 0 Å². The molecule has 1 nitrogen and oxygen atoms in total. The lowest BCUT2D eigenvalue weighted by Crippen LogP contribution is -2.20. The molecule has 1 rings (SSSR count). The Hall–Kier alpha value is -0.820. The summed E-state index contributed by atoms with van der Waals surface area (Å²) >= 11 is 0. The van der Waals surface area contributed by atoms with Crippen molar-refractivity contribution in [1.29, 1.82) is 0 Å². The van der Waals surface area contributed by atoms with Crippen molar-refractivity contribution in [1.82, 2.24) is 0 Å². The van der Waals surface area contributed by atoms with Crippen LogP contribution in [0.5, 0.6) is 0 Å². The van der Waals surface area contributed by atoms with Crippen LogP contribution in [0.25, 0.3) is 0 Å². The van der Waals surface area contributed by atoms with Gasteiger partial charge >= 0.3 is 0 Å². The van der Waals surface area contributed by atoms with Crippen molar-refractivity contribution in [2.45, 2.75) is 59.9 Å². The third-order valence-electron chi connectivity index (χ3n) is 3.63. The number of aryl methyl sites for hydroxylation is 3. The van der Waals surface area contributed by atoms with Crippen LogP contribution >= 0.6 is 0 Å². The molecule has 0 fully saturated rings. The van der Waals surface area contributed by atoms with E-state index < -0.39 is 0 Å². The van der Waals surface area contributed by atoms with Gasteiger partial charge in [0.25, 0.3) is 0 Å². The van der Waals surface area contributed by atoms with Crippen LogP contribution in [0.3, 0.4) is 0 Å². The highest BCUT2D eigenvalue weighted by Crippen LogP contribution is 2.28. The fourth-order valence-electron chi connectivity index (χ4n) is 2.40. The van der Waals surface area contributed by atoms with E-state index >= 15 is 0 Å². The number of benzene rings is 1. The molecule has 17 heavy (non-hydrogen) atoms. The van der Waals surface area contributed by atoms with E-state index in [4.69, 9.17) is 5.73 Å². The SMILES string of the molecule is CCc1cc(CC)c(C(N)C(C)C)c(CC)c1. The first kappa shape index (κ1) is 14.2. The highest BCUT2D eigenvalue weighted by molar-refractivity contribution is 5.41. The standard InChI is InChI=1S/C16H27N/c1-6-12-9-13(7-2)15(14(8-3)10-12)16(17)11(4)5/h9-11,16H,6-8,17H2,1-5H3. The van der Waals surface area contributed by atoms with Gasteiger partial charge in [-0.2, -0.15) is 0 Å². The Kier molecular flexibility index (Phi) is 5.20. The van der Waals surface area contributed by atoms with Crippen LogP contribution in [0.15, 0.2) is 12.1 Å². The maximum atomic E-state index is 6.38. The van der Waals surface area contributed by atoms with Gasteiger partial charge in [0.1, 0.15) is 0 Å². The van der Waals surface area contributed by atoms with E-state index in [1.54, 1.807) is 0 Å². The lowest BCUT2D eigenvalue weighted by atomic mass is 9.85. The van der Waals surface area contributed by atoms with Crippen LogP contribution in [0.2, 0.25) is 0 Å². The van der Waals surface area contributed by atoms with Crippen LogP contribution in [0, 0.1) is 5.92 Å². The molecule has 0 aliphatic rings. The summed E-state index contributed by atoms with van der Waals surface area (Å²) in [4.78, 5) is 0. The van der Waals surface area contributed by atoms with Crippen molar-refractivity contribution in [3.05, 3.63) is 34.4 Å². The van der Waals surface area contributed by atoms with Gasteiger partial charge in [0, 0.05) is 6.04 Å². The first-order valence-corrected chi connectivity index (χ1v) is 6.95. The van der Waals surface area contributed by atoms with Gasteiger partial charge in [-0.05, 0) is 47.4 Å². The van der Waals surface area contributed by atoms with E-state index in [2.05, 4.69) is 46.8 Å². The van der Waals surface area contributed by atoms with E-state index in [-0.39, 0.29) is 6.04 Å². The van der Waals surface area contributed by atoms with Crippen LogP contribution in [0.4, 0.5) is 0 Å². The molecule has 0 aliphatic heterocycles. The van der Waals surface area contributed by atoms with Crippen LogP contribution in [0.1, 0.15) is 62.9 Å². The average Bonchev–Trinajstić information content (AvgIpc) is 2.35. The maximum absolute atomic E-state index is 6.38. The summed E-state index contributed by atoms with van der Waals surface area (Å²) in [5.74, 6) is 0.498. The molecule has 1 aromatic rings. The second-order valence-electron chi connectivity index (χ2n) is 5.16. The monoisotopic (exact) mass is 233 g/mol. The third-order valence-corrected chi connectivity index (χ3v) is 3.63. The predicted octanol–water partition coefficient (Wildman–Crippen LogP) is 4.03. The summed E-state index contributed by atoms with van der Waals surface area (Å²) in [6.45, 7) is 11.1. The normalized spacial score (nSPS) is 13.1. The van der Waals surface area contributed by atoms with Gasteiger partial charge in [-0.25, -0.2) is 0 Å². The molecule has 1 unspecified atom stereocenters. The smallest absolute Gasteiger partial charge is 0.0323 e. The van der Waals surface area contributed by atoms with Gasteiger partial charge in [-0.1, -0.05) is 46.8 Å². The second-order valence-corrected chi connectivity index (χ2v) is 5.16. The molecule has 0 saturated heterocycles. The maximum Gasteiger partial charge on any atom is 0.0323 e. The number of hydrogen-bond donors (Lipinski definition) is 1. The molecule has 2 N–H and O–H groups in total. The van der Waals surface area contributed by atoms with Crippen molar-refractivity contribution in [3.63, 3.8) is 0 Å². The van der Waals surface area contributed by atoms with Crippen LogP contribution in [-0.4, -0.2) is 0 Å². The second kappa shape index (κ2) is 6.20. The largest absolute Gasteiger partial charge is 0.324 e. The van der Waals surface area contributed by atoms with Crippen molar-refractivity contribution >= 4 is 0 Å². The molecular weight excluding hydrogens is 206 g/mol. The molecule has 0 amide bonds. The lowest BCUT2D eigenvalue weighted by Gasteiger charge is -2.23. The van der Waals surface area contributed by atoms with Gasteiger partial charge in [0.2, 0.25) is 0 Å². The predicted molar refractivity (Wildman–Crippen MR) is 76.3 cm³/mol. The van der Waals surface area contributed by atoms with Crippen molar-refractivity contribution in [2.24, 2.45) is 11.7 Å². The fraction of sp³-hybridized carbons (Fsp3) is 0.625. The van der Waals surface area contributed by atoms with E-state index in [1.807, 2.05) is 0 Å². The Balaban J connectivity index is 3.34. The summed E-state index contributed by atoms with van der Waals surface area (Å²) in [7, 11) is 0. The van der Waals surface area contributed by atoms with Gasteiger partial charge in [0.05, 0.1) is 0 Å². The summed E-state index contributed by atoms with van der Waals surface area (Å²) in [6.07, 6.45) is 3.27. The molecule has 0 saturated carbocycles. The van der Waals surface area contributed by atoms with E-state index in [9.17, 15) is 0 Å². The lowest BCUT2D eigenvalue weighted by molar-refractivity contribution is 0.507. The van der Waals surface area contributed by atoms with Gasteiger partial charge in [0.15, 0.2) is 0 Å². The first-order chi connectivity index (χ1) is 8.04. The Morgan fingerprint density at radius 1 is 0.941 bits per heavy atom. The molecule has 1 aromatic carbocycles. The molecule has 0 aliphatic carbocycles. The number of nitrogens with two attached hydrogens (primary N) is 1. The quantitative estimate of drug-likeness (QED) is 0.816. The Morgan fingerprint density at radius 3 is 1.71 bits per heavy atom. The average molecular weight is 233 g/mol. The molecule has 0 heterocycles. The molecule has 1 heteroatoms. The highest BCUT2D eigenvalue weighted by atomic mass is 14.6. The zero-order valence-corrected chi connectivity index (χ0v) is 12.0. The Labute approximate surface area is 106 Å². The summed E-state index contributed by atoms with van der Waals surface area (Å²) in [5, 5.41) is 0. The highest BCUT2D eigenvalue weighted by Gasteiger charge is 2.17. The van der Waals surface area contributed by atoms with E-state index in [0.717, 1.165) is 19.3 Å². The number of hydrogen-bond acceptors (Lipinski definition) is 1. The Bertz CT molecular complexity index is 341. The zero-order chi connectivity index (χ0) is 13.0. The molecule has 0 radical (unpaired) electrons. The minimum atomic E-state index is 0.172. The molecule has 1 atom stereocenters. The summed E-state index contributed by atoms with van der Waals surface area (Å²) in [5.41, 5.74) is 12.1. The minimum absolute atomic E-state index is 0.172. The van der Waals surface area contributed by atoms with E-state index in [1.165, 1.54) is 22.3 Å². The molecule has 0 bridgehead atoms. The van der Waals surface area contributed by atoms with Crippen LogP contribution < -0.4 is 5.73 Å².